The van der Waals surface area contributed by atoms with Gasteiger partial charge in [-0.2, -0.15) is 0 Å². The lowest BCUT2D eigenvalue weighted by Crippen LogP contribution is -2.69. The number of benzene rings is 1. The summed E-state index contributed by atoms with van der Waals surface area (Å²) in [7, 11) is 1.56. The van der Waals surface area contributed by atoms with Gasteiger partial charge in [-0.25, -0.2) is 0 Å². The highest BCUT2D eigenvalue weighted by Crippen LogP contribution is 2.57. The fourth-order valence-electron chi connectivity index (χ4n) is 3.89. The Morgan fingerprint density at radius 2 is 1.83 bits per heavy atom. The van der Waals surface area contributed by atoms with Gasteiger partial charge in [-0.3, -0.25) is 9.59 Å². The number of methoxy groups -OCH3 is 1. The van der Waals surface area contributed by atoms with Crippen LogP contribution in [0.25, 0.3) is 5.57 Å². The average molecular weight is 312 g/mol. The fourth-order valence-corrected chi connectivity index (χ4v) is 3.89. The lowest BCUT2D eigenvalue weighted by molar-refractivity contribution is -0.165. The molecule has 4 nitrogen and oxygen atoms in total. The van der Waals surface area contributed by atoms with Crippen LogP contribution in [0.1, 0.15) is 31.9 Å². The summed E-state index contributed by atoms with van der Waals surface area (Å²) in [5.41, 5.74) is -2.54. The van der Waals surface area contributed by atoms with E-state index in [2.05, 4.69) is 6.58 Å². The Balaban J connectivity index is 2.43. The third kappa shape index (κ3) is 1.59. The number of fused-ring (bicyclic) bond motifs is 3. The molecule has 1 aromatic carbocycles. The van der Waals surface area contributed by atoms with Gasteiger partial charge >= 0.3 is 0 Å². The zero-order valence-electron chi connectivity index (χ0n) is 13.8. The molecule has 0 spiro atoms. The number of Topliss-reactive ketones (excluding diaryl/α,β-unsaturated/α-hetero) is 1. The van der Waals surface area contributed by atoms with Crippen molar-refractivity contribution in [2.24, 2.45) is 5.41 Å². The zero-order chi connectivity index (χ0) is 17.2. The van der Waals surface area contributed by atoms with Crippen LogP contribution < -0.4 is 4.74 Å². The summed E-state index contributed by atoms with van der Waals surface area (Å²) in [5, 5.41) is 11.5. The van der Waals surface area contributed by atoms with Crippen LogP contribution in [0.15, 0.2) is 36.9 Å². The first-order valence-corrected chi connectivity index (χ1v) is 7.50. The van der Waals surface area contributed by atoms with E-state index in [1.54, 1.807) is 52.2 Å². The van der Waals surface area contributed by atoms with Gasteiger partial charge in [0.05, 0.1) is 12.5 Å². The van der Waals surface area contributed by atoms with Crippen LogP contribution in [0.5, 0.6) is 5.75 Å². The zero-order valence-corrected chi connectivity index (χ0v) is 13.8. The Kier molecular flexibility index (Phi) is 3.01. The minimum atomic E-state index is -1.89. The van der Waals surface area contributed by atoms with Gasteiger partial charge < -0.3 is 9.84 Å². The topological polar surface area (TPSA) is 63.6 Å². The molecule has 0 fully saturated rings. The first-order valence-electron chi connectivity index (χ1n) is 7.50. The van der Waals surface area contributed by atoms with Gasteiger partial charge in [0.15, 0.2) is 17.2 Å². The molecule has 0 aromatic heterocycles. The number of ketones is 2. The summed E-state index contributed by atoms with van der Waals surface area (Å²) < 4.78 is 5.29. The maximum absolute atomic E-state index is 13.0. The number of carbonyl (C=O) groups is 2. The minimum absolute atomic E-state index is 0.221. The van der Waals surface area contributed by atoms with Gasteiger partial charge in [0.25, 0.3) is 0 Å². The van der Waals surface area contributed by atoms with Crippen LogP contribution in [0.4, 0.5) is 0 Å². The molecule has 2 atom stereocenters. The summed E-state index contributed by atoms with van der Waals surface area (Å²) in [6, 6.07) is 5.33. The number of hydrogen-bond donors (Lipinski definition) is 1. The molecule has 2 aliphatic carbocycles. The Labute approximate surface area is 135 Å². The van der Waals surface area contributed by atoms with Gasteiger partial charge in [-0.15, -0.1) is 0 Å². The molecule has 23 heavy (non-hydrogen) atoms. The van der Waals surface area contributed by atoms with Gasteiger partial charge in [-0.05, 0) is 50.1 Å². The molecule has 0 amide bonds. The molecule has 0 aliphatic heterocycles. The number of hydrogen-bond acceptors (Lipinski definition) is 4. The number of aliphatic hydroxyl groups is 1. The lowest BCUT2D eigenvalue weighted by atomic mass is 9.48. The maximum atomic E-state index is 13.0. The van der Waals surface area contributed by atoms with Gasteiger partial charge in [0.1, 0.15) is 5.75 Å². The van der Waals surface area contributed by atoms with Gasteiger partial charge in [0, 0.05) is 11.0 Å². The molecular formula is C19H20O4. The van der Waals surface area contributed by atoms with Crippen LogP contribution in [-0.2, 0) is 15.0 Å². The summed E-state index contributed by atoms with van der Waals surface area (Å²) in [5.74, 6) is -0.150. The van der Waals surface area contributed by atoms with Crippen molar-refractivity contribution in [1.29, 1.82) is 0 Å². The first-order chi connectivity index (χ1) is 10.6. The number of carbonyl (C=O) groups excluding carboxylic acids is 2. The Hall–Kier alpha value is -2.20. The van der Waals surface area contributed by atoms with Crippen LogP contribution in [-0.4, -0.2) is 29.4 Å². The van der Waals surface area contributed by atoms with E-state index >= 15 is 0 Å². The van der Waals surface area contributed by atoms with E-state index in [1.807, 2.05) is 0 Å². The predicted molar refractivity (Wildman–Crippen MR) is 87.3 cm³/mol. The standard InChI is InChI=1S/C19H20O4/c1-11-13-7-6-12(23-5)10-14(13)18(4)9-8-15(20)17(2,3)19(18,22)16(11)21/h6-10,22H,1H2,2-5H3. The predicted octanol–water partition coefficient (Wildman–Crippen LogP) is 2.45. The fraction of sp³-hybridized carbons (Fsp3) is 0.368. The van der Waals surface area contributed by atoms with Crippen molar-refractivity contribution < 1.29 is 19.4 Å². The van der Waals surface area contributed by atoms with E-state index in [1.165, 1.54) is 6.08 Å². The van der Waals surface area contributed by atoms with Crippen LogP contribution in [0, 0.1) is 5.41 Å². The van der Waals surface area contributed by atoms with Crippen molar-refractivity contribution in [1.82, 2.24) is 0 Å². The molecule has 0 bridgehead atoms. The molecule has 0 heterocycles. The van der Waals surface area contributed by atoms with Crippen LogP contribution in [0.3, 0.4) is 0 Å². The summed E-state index contributed by atoms with van der Waals surface area (Å²) in [6.45, 7) is 8.85. The smallest absolute Gasteiger partial charge is 0.196 e. The van der Waals surface area contributed by atoms with E-state index in [0.29, 0.717) is 11.3 Å². The normalized spacial score (nSPS) is 31.6. The monoisotopic (exact) mass is 312 g/mol. The summed E-state index contributed by atoms with van der Waals surface area (Å²) in [4.78, 5) is 25.4. The van der Waals surface area contributed by atoms with Crippen LogP contribution in [0.2, 0.25) is 0 Å². The summed E-state index contributed by atoms with van der Waals surface area (Å²) >= 11 is 0. The van der Waals surface area contributed by atoms with Gasteiger partial charge in [-0.1, -0.05) is 18.7 Å². The highest BCUT2D eigenvalue weighted by molar-refractivity contribution is 6.29. The van der Waals surface area contributed by atoms with E-state index in [0.717, 1.165) is 5.56 Å². The number of ether oxygens (including phenoxy) is 1. The van der Waals surface area contributed by atoms with Crippen molar-refractivity contribution in [3.05, 3.63) is 48.1 Å². The Bertz CT molecular complexity index is 787. The second kappa shape index (κ2) is 4.42. The molecule has 2 unspecified atom stereocenters. The molecule has 0 radical (unpaired) electrons. The molecule has 1 N–H and O–H groups in total. The highest BCUT2D eigenvalue weighted by atomic mass is 16.5. The molecule has 0 saturated carbocycles. The second-order valence-corrected chi connectivity index (χ2v) is 6.95. The minimum Gasteiger partial charge on any atom is -0.497 e. The Morgan fingerprint density at radius 1 is 1.17 bits per heavy atom. The highest BCUT2D eigenvalue weighted by Gasteiger charge is 2.67. The van der Waals surface area contributed by atoms with Crippen molar-refractivity contribution in [2.45, 2.75) is 31.8 Å². The van der Waals surface area contributed by atoms with Crippen molar-refractivity contribution in [3.63, 3.8) is 0 Å². The molecule has 120 valence electrons. The van der Waals surface area contributed by atoms with E-state index in [9.17, 15) is 14.7 Å². The average Bonchev–Trinajstić information content (AvgIpc) is 2.54. The van der Waals surface area contributed by atoms with Crippen molar-refractivity contribution in [3.8, 4) is 5.75 Å². The van der Waals surface area contributed by atoms with Crippen molar-refractivity contribution >= 4 is 17.1 Å². The molecule has 3 rings (SSSR count). The van der Waals surface area contributed by atoms with Gasteiger partial charge in [0.2, 0.25) is 0 Å². The van der Waals surface area contributed by atoms with E-state index in [4.69, 9.17) is 4.74 Å². The Morgan fingerprint density at radius 3 is 2.43 bits per heavy atom. The largest absolute Gasteiger partial charge is 0.497 e. The van der Waals surface area contributed by atoms with E-state index < -0.39 is 22.2 Å². The van der Waals surface area contributed by atoms with Crippen LogP contribution >= 0.6 is 0 Å². The summed E-state index contributed by atoms with van der Waals surface area (Å²) in [6.07, 6.45) is 3.09. The molecule has 2 aliphatic rings. The molecular weight excluding hydrogens is 292 g/mol. The lowest BCUT2D eigenvalue weighted by Gasteiger charge is -2.55. The van der Waals surface area contributed by atoms with Crippen molar-refractivity contribution in [2.75, 3.05) is 7.11 Å². The molecule has 0 saturated heterocycles. The second-order valence-electron chi connectivity index (χ2n) is 6.95. The SMILES string of the molecule is C=C1C(=O)C2(O)C(C)(C)C(=O)C=CC2(C)c2cc(OC)ccc21. The maximum Gasteiger partial charge on any atom is 0.196 e. The quantitative estimate of drug-likeness (QED) is 0.809. The number of allylic oxidation sites excluding steroid dienone is 1. The molecule has 1 aromatic rings. The number of rotatable bonds is 1. The molecule has 4 heteroatoms. The third-order valence-electron chi connectivity index (χ3n) is 5.55. The third-order valence-corrected chi connectivity index (χ3v) is 5.55. The first kappa shape index (κ1) is 15.7. The van der Waals surface area contributed by atoms with E-state index in [-0.39, 0.29) is 11.4 Å².